The van der Waals surface area contributed by atoms with Crippen molar-refractivity contribution in [2.45, 2.75) is 37.8 Å². The number of hydrogen-bond acceptors (Lipinski definition) is 4. The second-order valence-electron chi connectivity index (χ2n) is 7.52. The molecule has 0 atom stereocenters. The Morgan fingerprint density at radius 2 is 1.90 bits per heavy atom. The van der Waals surface area contributed by atoms with Gasteiger partial charge in [-0.2, -0.15) is 13.2 Å². The van der Waals surface area contributed by atoms with Crippen molar-refractivity contribution in [3.8, 4) is 17.0 Å². The number of carboxylic acids is 1. The van der Waals surface area contributed by atoms with E-state index in [2.05, 4.69) is 4.98 Å². The van der Waals surface area contributed by atoms with E-state index < -0.39 is 17.7 Å². The summed E-state index contributed by atoms with van der Waals surface area (Å²) in [6.07, 6.45) is -1.64. The summed E-state index contributed by atoms with van der Waals surface area (Å²) in [6, 6.07) is 10.6. The zero-order chi connectivity index (χ0) is 22.0. The van der Waals surface area contributed by atoms with Gasteiger partial charge in [0.1, 0.15) is 5.75 Å². The number of aliphatic carboxylic acids is 1. The first-order valence-electron chi connectivity index (χ1n) is 9.89. The molecule has 1 saturated carbocycles. The SMILES string of the molecule is O=C(O)Cc1ccc(C2CC2)c(OCCc2nc(-c3ccc(C(F)(F)F)cc3)cs2)c1. The van der Waals surface area contributed by atoms with Crippen molar-refractivity contribution >= 4 is 17.3 Å². The molecule has 4 nitrogen and oxygen atoms in total. The number of aromatic nitrogens is 1. The lowest BCUT2D eigenvalue weighted by molar-refractivity contribution is -0.138. The summed E-state index contributed by atoms with van der Waals surface area (Å²) in [5.74, 6) is 0.310. The van der Waals surface area contributed by atoms with E-state index in [4.69, 9.17) is 9.84 Å². The summed E-state index contributed by atoms with van der Waals surface area (Å²) in [5, 5.41) is 11.7. The monoisotopic (exact) mass is 447 g/mol. The molecule has 162 valence electrons. The van der Waals surface area contributed by atoms with Crippen LogP contribution in [0, 0.1) is 0 Å². The zero-order valence-corrected chi connectivity index (χ0v) is 17.3. The van der Waals surface area contributed by atoms with E-state index in [1.807, 2.05) is 17.5 Å². The Hall–Kier alpha value is -2.87. The predicted octanol–water partition coefficient (Wildman–Crippen LogP) is 5.95. The van der Waals surface area contributed by atoms with Crippen molar-refractivity contribution in [1.82, 2.24) is 4.98 Å². The lowest BCUT2D eigenvalue weighted by Crippen LogP contribution is -2.05. The van der Waals surface area contributed by atoms with E-state index in [1.54, 1.807) is 6.07 Å². The highest BCUT2D eigenvalue weighted by Gasteiger charge is 2.30. The maximum Gasteiger partial charge on any atom is 0.416 e. The first-order chi connectivity index (χ1) is 14.8. The van der Waals surface area contributed by atoms with E-state index in [-0.39, 0.29) is 6.42 Å². The van der Waals surface area contributed by atoms with Crippen LogP contribution in [0.5, 0.6) is 5.75 Å². The van der Waals surface area contributed by atoms with Gasteiger partial charge in [-0.25, -0.2) is 4.98 Å². The fourth-order valence-electron chi connectivity index (χ4n) is 3.36. The van der Waals surface area contributed by atoms with Crippen molar-refractivity contribution in [2.75, 3.05) is 6.61 Å². The molecule has 0 amide bonds. The highest BCUT2D eigenvalue weighted by Crippen LogP contribution is 2.44. The van der Waals surface area contributed by atoms with Gasteiger partial charge in [0.2, 0.25) is 0 Å². The number of thiazole rings is 1. The van der Waals surface area contributed by atoms with Crippen molar-refractivity contribution in [3.05, 3.63) is 69.5 Å². The summed E-state index contributed by atoms with van der Waals surface area (Å²) in [7, 11) is 0. The van der Waals surface area contributed by atoms with E-state index in [1.165, 1.54) is 23.5 Å². The van der Waals surface area contributed by atoms with Gasteiger partial charge in [-0.1, -0.05) is 24.3 Å². The minimum atomic E-state index is -4.36. The molecule has 1 aromatic heterocycles. The number of halogens is 3. The standard InChI is InChI=1S/C23H20F3NO3S/c24-23(25,26)17-6-4-16(5-7-17)19-13-31-21(27-19)9-10-30-20-11-14(12-22(28)29)1-8-18(20)15-2-3-15/h1,4-8,11,13,15H,2-3,9-10,12H2,(H,28,29). The van der Waals surface area contributed by atoms with Gasteiger partial charge >= 0.3 is 12.1 Å². The average Bonchev–Trinajstić information content (AvgIpc) is 3.45. The van der Waals surface area contributed by atoms with Gasteiger partial charge in [0, 0.05) is 17.4 Å². The highest BCUT2D eigenvalue weighted by atomic mass is 32.1. The number of carboxylic acid groups (broad SMARTS) is 1. The normalized spacial score (nSPS) is 13.9. The third-order valence-corrected chi connectivity index (χ3v) is 5.99. The molecule has 2 aromatic carbocycles. The summed E-state index contributed by atoms with van der Waals surface area (Å²) >= 11 is 1.43. The average molecular weight is 447 g/mol. The molecule has 1 heterocycles. The summed E-state index contributed by atoms with van der Waals surface area (Å²) in [4.78, 5) is 15.5. The number of nitrogens with zero attached hydrogens (tertiary/aromatic N) is 1. The van der Waals surface area contributed by atoms with Crippen LogP contribution >= 0.6 is 11.3 Å². The second kappa shape index (κ2) is 8.70. The van der Waals surface area contributed by atoms with Crippen molar-refractivity contribution in [2.24, 2.45) is 0 Å². The molecule has 1 N–H and O–H groups in total. The third-order valence-electron chi connectivity index (χ3n) is 5.08. The zero-order valence-electron chi connectivity index (χ0n) is 16.5. The molecule has 8 heteroatoms. The molecule has 4 rings (SSSR count). The van der Waals surface area contributed by atoms with Gasteiger partial charge < -0.3 is 9.84 Å². The molecule has 1 aliphatic carbocycles. The molecule has 0 bridgehead atoms. The molecule has 0 spiro atoms. The van der Waals surface area contributed by atoms with Gasteiger partial charge in [0.05, 0.1) is 29.3 Å². The number of hydrogen-bond donors (Lipinski definition) is 1. The van der Waals surface area contributed by atoms with Crippen LogP contribution in [-0.2, 0) is 23.8 Å². The second-order valence-corrected chi connectivity index (χ2v) is 8.46. The van der Waals surface area contributed by atoms with E-state index in [0.29, 0.717) is 35.8 Å². The fraction of sp³-hybridized carbons (Fsp3) is 0.304. The van der Waals surface area contributed by atoms with Crippen LogP contribution in [0.2, 0.25) is 0 Å². The number of alkyl halides is 3. The van der Waals surface area contributed by atoms with Crippen molar-refractivity contribution in [3.63, 3.8) is 0 Å². The fourth-order valence-corrected chi connectivity index (χ4v) is 4.15. The van der Waals surface area contributed by atoms with Crippen molar-refractivity contribution in [1.29, 1.82) is 0 Å². The smallest absolute Gasteiger partial charge is 0.416 e. The first kappa shape index (κ1) is 21.4. The van der Waals surface area contributed by atoms with Gasteiger partial charge in [-0.3, -0.25) is 4.79 Å². The lowest BCUT2D eigenvalue weighted by Gasteiger charge is -2.12. The Morgan fingerprint density at radius 1 is 1.16 bits per heavy atom. The quantitative estimate of drug-likeness (QED) is 0.463. The highest BCUT2D eigenvalue weighted by molar-refractivity contribution is 7.09. The van der Waals surface area contributed by atoms with Crippen LogP contribution in [0.3, 0.4) is 0 Å². The van der Waals surface area contributed by atoms with Gasteiger partial charge in [0.25, 0.3) is 0 Å². The van der Waals surface area contributed by atoms with Crippen LogP contribution in [0.25, 0.3) is 11.3 Å². The molecule has 0 radical (unpaired) electrons. The summed E-state index contributed by atoms with van der Waals surface area (Å²) in [5.41, 5.74) is 2.39. The van der Waals surface area contributed by atoms with Crippen LogP contribution in [-0.4, -0.2) is 22.7 Å². The molecule has 0 aliphatic heterocycles. The Balaban J connectivity index is 1.40. The molecule has 1 fully saturated rings. The molecule has 0 unspecified atom stereocenters. The first-order valence-corrected chi connectivity index (χ1v) is 10.8. The topological polar surface area (TPSA) is 59.4 Å². The van der Waals surface area contributed by atoms with Gasteiger partial charge in [-0.15, -0.1) is 11.3 Å². The molecule has 31 heavy (non-hydrogen) atoms. The van der Waals surface area contributed by atoms with Crippen LogP contribution in [0.4, 0.5) is 13.2 Å². The Labute approximate surface area is 181 Å². The maximum atomic E-state index is 12.7. The largest absolute Gasteiger partial charge is 0.493 e. The van der Waals surface area contributed by atoms with Crippen LogP contribution < -0.4 is 4.74 Å². The minimum absolute atomic E-state index is 0.0513. The number of rotatable bonds is 8. The van der Waals surface area contributed by atoms with Crippen LogP contribution in [0.15, 0.2) is 47.8 Å². The van der Waals surface area contributed by atoms with Gasteiger partial charge in [-0.05, 0) is 48.1 Å². The number of benzene rings is 2. The Bertz CT molecular complexity index is 1070. The van der Waals surface area contributed by atoms with Gasteiger partial charge in [0.15, 0.2) is 0 Å². The summed E-state index contributed by atoms with van der Waals surface area (Å²) in [6.45, 7) is 0.385. The molecular weight excluding hydrogens is 427 g/mol. The third kappa shape index (κ3) is 5.44. The minimum Gasteiger partial charge on any atom is -0.493 e. The van der Waals surface area contributed by atoms with E-state index in [9.17, 15) is 18.0 Å². The van der Waals surface area contributed by atoms with E-state index in [0.717, 1.165) is 41.3 Å². The van der Waals surface area contributed by atoms with E-state index >= 15 is 0 Å². The Morgan fingerprint density at radius 3 is 2.55 bits per heavy atom. The molecule has 3 aromatic rings. The maximum absolute atomic E-state index is 12.7. The number of ether oxygens (including phenoxy) is 1. The van der Waals surface area contributed by atoms with Crippen molar-refractivity contribution < 1.29 is 27.8 Å². The predicted molar refractivity (Wildman–Crippen MR) is 112 cm³/mol. The Kier molecular flexibility index (Phi) is 6.00. The van der Waals surface area contributed by atoms with Crippen LogP contribution in [0.1, 0.15) is 40.5 Å². The molecular formula is C23H20F3NO3S. The number of carbonyl (C=O) groups is 1. The summed E-state index contributed by atoms with van der Waals surface area (Å²) < 4.78 is 44.1. The molecule has 0 saturated heterocycles. The molecule has 1 aliphatic rings. The lowest BCUT2D eigenvalue weighted by atomic mass is 10.0.